The highest BCUT2D eigenvalue weighted by Crippen LogP contribution is 2.34. The molecule has 1 saturated heterocycles. The van der Waals surface area contributed by atoms with Crippen molar-refractivity contribution in [3.8, 4) is 5.75 Å². The molecule has 6 nitrogen and oxygen atoms in total. The van der Waals surface area contributed by atoms with Gasteiger partial charge in [0.15, 0.2) is 0 Å². The molecular formula is C19H21ClN4O2. The number of aromatic nitrogens is 1. The molecule has 3 heterocycles. The number of piperazine rings is 1. The van der Waals surface area contributed by atoms with Gasteiger partial charge in [0.05, 0.1) is 23.6 Å². The summed E-state index contributed by atoms with van der Waals surface area (Å²) in [6.45, 7) is 6.03. The molecule has 0 radical (unpaired) electrons. The first-order chi connectivity index (χ1) is 12.6. The fourth-order valence-electron chi connectivity index (χ4n) is 3.51. The van der Waals surface area contributed by atoms with E-state index < -0.39 is 0 Å². The number of ether oxygens (including phenoxy) is 1. The number of benzene rings is 1. The van der Waals surface area contributed by atoms with Crippen LogP contribution in [0, 0.1) is 6.92 Å². The van der Waals surface area contributed by atoms with E-state index in [4.69, 9.17) is 16.3 Å². The van der Waals surface area contributed by atoms with Gasteiger partial charge in [0.25, 0.3) is 0 Å². The normalized spacial score (nSPS) is 16.9. The molecule has 2 aliphatic rings. The van der Waals surface area contributed by atoms with E-state index in [1.807, 2.05) is 24.0 Å². The van der Waals surface area contributed by atoms with Crippen molar-refractivity contribution in [2.75, 3.05) is 49.1 Å². The molecule has 2 aromatic rings. The summed E-state index contributed by atoms with van der Waals surface area (Å²) in [6, 6.07) is 9.47. The van der Waals surface area contributed by atoms with Crippen LogP contribution in [0.3, 0.4) is 0 Å². The first-order valence-electron chi connectivity index (χ1n) is 8.79. The lowest BCUT2D eigenvalue weighted by molar-refractivity contribution is 0.196. The van der Waals surface area contributed by atoms with Crippen LogP contribution in [-0.4, -0.2) is 55.2 Å². The molecule has 0 atom stereocenters. The number of rotatable bonds is 1. The third kappa shape index (κ3) is 3.17. The maximum absolute atomic E-state index is 13.0. The van der Waals surface area contributed by atoms with Crippen LogP contribution in [0.15, 0.2) is 36.5 Å². The van der Waals surface area contributed by atoms with Crippen molar-refractivity contribution in [2.24, 2.45) is 0 Å². The van der Waals surface area contributed by atoms with Crippen LogP contribution in [-0.2, 0) is 0 Å². The lowest BCUT2D eigenvalue weighted by atomic mass is 10.2. The van der Waals surface area contributed by atoms with Crippen molar-refractivity contribution < 1.29 is 9.53 Å². The molecular weight excluding hydrogens is 352 g/mol. The van der Waals surface area contributed by atoms with E-state index in [2.05, 4.69) is 16.0 Å². The summed E-state index contributed by atoms with van der Waals surface area (Å²) in [5.41, 5.74) is 2.95. The minimum Gasteiger partial charge on any atom is -0.489 e. The lowest BCUT2D eigenvalue weighted by Gasteiger charge is -2.40. The molecule has 2 aliphatic heterocycles. The largest absolute Gasteiger partial charge is 0.489 e. The summed E-state index contributed by atoms with van der Waals surface area (Å²) in [7, 11) is 0. The number of hydrogen-bond donors (Lipinski definition) is 0. The average Bonchev–Trinajstić information content (AvgIpc) is 2.67. The summed E-state index contributed by atoms with van der Waals surface area (Å²) in [5, 5.41) is 0.610. The van der Waals surface area contributed by atoms with Gasteiger partial charge in [0, 0.05) is 43.5 Å². The minimum atomic E-state index is 0.0273. The van der Waals surface area contributed by atoms with Crippen molar-refractivity contribution in [2.45, 2.75) is 6.92 Å². The fourth-order valence-corrected chi connectivity index (χ4v) is 3.67. The molecule has 0 saturated carbocycles. The maximum atomic E-state index is 13.0. The number of anilines is 2. The minimum absolute atomic E-state index is 0.0273. The van der Waals surface area contributed by atoms with Gasteiger partial charge >= 0.3 is 6.03 Å². The van der Waals surface area contributed by atoms with E-state index in [9.17, 15) is 4.79 Å². The van der Waals surface area contributed by atoms with Crippen LogP contribution < -0.4 is 14.5 Å². The van der Waals surface area contributed by atoms with E-state index in [1.54, 1.807) is 23.2 Å². The lowest BCUT2D eigenvalue weighted by Crippen LogP contribution is -2.54. The topological polar surface area (TPSA) is 48.9 Å². The zero-order valence-corrected chi connectivity index (χ0v) is 15.4. The Morgan fingerprint density at radius 1 is 1.12 bits per heavy atom. The molecule has 26 heavy (non-hydrogen) atoms. The second-order valence-electron chi connectivity index (χ2n) is 6.48. The Balaban J connectivity index is 1.46. The molecule has 1 aromatic carbocycles. The predicted molar refractivity (Wildman–Crippen MR) is 102 cm³/mol. The Labute approximate surface area is 157 Å². The maximum Gasteiger partial charge on any atom is 0.324 e. The van der Waals surface area contributed by atoms with Crippen molar-refractivity contribution >= 4 is 29.0 Å². The Morgan fingerprint density at radius 3 is 2.69 bits per heavy atom. The molecule has 0 N–H and O–H groups in total. The predicted octanol–water partition coefficient (Wildman–Crippen LogP) is 3.18. The Kier molecular flexibility index (Phi) is 4.59. The van der Waals surface area contributed by atoms with E-state index in [1.165, 1.54) is 0 Å². The second kappa shape index (κ2) is 7.03. The van der Waals surface area contributed by atoms with Crippen LogP contribution in [0.1, 0.15) is 5.69 Å². The first-order valence-corrected chi connectivity index (χ1v) is 9.16. The van der Waals surface area contributed by atoms with Crippen molar-refractivity contribution in [3.05, 3.63) is 47.2 Å². The first kappa shape index (κ1) is 17.0. The molecule has 0 bridgehead atoms. The fraction of sp³-hybridized carbons (Fsp3) is 0.368. The Hall–Kier alpha value is -2.47. The summed E-state index contributed by atoms with van der Waals surface area (Å²) in [5.74, 6) is 0.668. The van der Waals surface area contributed by atoms with Crippen LogP contribution in [0.4, 0.5) is 16.2 Å². The number of carbonyl (C=O) groups is 1. The van der Waals surface area contributed by atoms with Gasteiger partial charge in [0.1, 0.15) is 12.4 Å². The molecule has 2 amide bonds. The number of amides is 2. The highest BCUT2D eigenvalue weighted by Gasteiger charge is 2.30. The van der Waals surface area contributed by atoms with Gasteiger partial charge in [-0.3, -0.25) is 9.88 Å². The second-order valence-corrected chi connectivity index (χ2v) is 6.91. The van der Waals surface area contributed by atoms with Gasteiger partial charge in [-0.2, -0.15) is 0 Å². The monoisotopic (exact) mass is 372 g/mol. The van der Waals surface area contributed by atoms with Crippen LogP contribution >= 0.6 is 11.6 Å². The highest BCUT2D eigenvalue weighted by atomic mass is 35.5. The molecule has 136 valence electrons. The van der Waals surface area contributed by atoms with Crippen LogP contribution in [0.25, 0.3) is 0 Å². The third-order valence-corrected chi connectivity index (χ3v) is 5.12. The molecule has 0 aliphatic carbocycles. The van der Waals surface area contributed by atoms with E-state index in [0.717, 1.165) is 30.2 Å². The quantitative estimate of drug-likeness (QED) is 0.771. The molecule has 4 rings (SSSR count). The molecule has 1 aromatic heterocycles. The zero-order valence-electron chi connectivity index (χ0n) is 14.7. The van der Waals surface area contributed by atoms with Crippen molar-refractivity contribution in [3.63, 3.8) is 0 Å². The number of carbonyl (C=O) groups excluding carboxylic acids is 1. The molecule has 0 spiro atoms. The average molecular weight is 373 g/mol. The van der Waals surface area contributed by atoms with Gasteiger partial charge in [0.2, 0.25) is 0 Å². The van der Waals surface area contributed by atoms with Gasteiger partial charge in [-0.15, -0.1) is 0 Å². The van der Waals surface area contributed by atoms with Crippen LogP contribution in [0.5, 0.6) is 5.75 Å². The number of halogens is 1. The number of urea groups is 1. The number of nitrogens with zero attached hydrogens (tertiary/aromatic N) is 4. The van der Waals surface area contributed by atoms with Gasteiger partial charge < -0.3 is 14.5 Å². The summed E-state index contributed by atoms with van der Waals surface area (Å²) < 4.78 is 5.65. The number of pyridine rings is 1. The Bertz CT molecular complexity index is 821. The molecule has 0 unspecified atom stereocenters. The number of fused-ring (bicyclic) bond motifs is 1. The molecule has 7 heteroatoms. The van der Waals surface area contributed by atoms with Crippen molar-refractivity contribution in [1.82, 2.24) is 9.88 Å². The standard InChI is InChI=1S/C19H21ClN4O2/c1-14-16(3-2-6-21-14)22-7-9-23(10-8-22)19(25)24-11-12-26-18-13-15(20)4-5-17(18)24/h2-6,13H,7-12H2,1H3. The van der Waals surface area contributed by atoms with Crippen molar-refractivity contribution in [1.29, 1.82) is 0 Å². The van der Waals surface area contributed by atoms with Gasteiger partial charge in [-0.05, 0) is 31.2 Å². The zero-order chi connectivity index (χ0) is 18.1. The van der Waals surface area contributed by atoms with E-state index in [0.29, 0.717) is 37.0 Å². The Morgan fingerprint density at radius 2 is 1.92 bits per heavy atom. The summed E-state index contributed by atoms with van der Waals surface area (Å²) >= 11 is 6.04. The third-order valence-electron chi connectivity index (χ3n) is 4.89. The number of aryl methyl sites for hydroxylation is 1. The number of hydrogen-bond acceptors (Lipinski definition) is 4. The SMILES string of the molecule is Cc1ncccc1N1CCN(C(=O)N2CCOc3cc(Cl)ccc32)CC1. The van der Waals surface area contributed by atoms with Gasteiger partial charge in [-0.1, -0.05) is 11.6 Å². The summed E-state index contributed by atoms with van der Waals surface area (Å²) in [6.07, 6.45) is 1.81. The van der Waals surface area contributed by atoms with E-state index in [-0.39, 0.29) is 6.03 Å². The van der Waals surface area contributed by atoms with Gasteiger partial charge in [-0.25, -0.2) is 4.79 Å². The van der Waals surface area contributed by atoms with E-state index >= 15 is 0 Å². The molecule has 1 fully saturated rings. The highest BCUT2D eigenvalue weighted by molar-refractivity contribution is 6.30. The smallest absolute Gasteiger partial charge is 0.324 e. The summed E-state index contributed by atoms with van der Waals surface area (Å²) in [4.78, 5) is 23.4. The van der Waals surface area contributed by atoms with Crippen LogP contribution in [0.2, 0.25) is 5.02 Å².